The number of hydrogen-bond donors (Lipinski definition) is 0. The third-order valence-electron chi connectivity index (χ3n) is 3.65. The molecule has 1 amide bonds. The highest BCUT2D eigenvalue weighted by atomic mass is 32.2. The summed E-state index contributed by atoms with van der Waals surface area (Å²) >= 11 is 6.76. The van der Waals surface area contributed by atoms with Gasteiger partial charge in [0.2, 0.25) is 11.0 Å². The second-order valence-electron chi connectivity index (χ2n) is 5.68. The first-order valence-electron chi connectivity index (χ1n) is 6.51. The van der Waals surface area contributed by atoms with Crippen LogP contribution in [0.15, 0.2) is 28.1 Å². The standard InChI is InChI=1S/C14H16N2O2S2/c1-4-5-16-12(17)10-8-6-14(2,3)18-7-9(8)20-11(10)15-13(16)19/h4,10H,1,5-7H2,2-3H3. The summed E-state index contributed by atoms with van der Waals surface area (Å²) in [5.41, 5.74) is 0.933. The van der Waals surface area contributed by atoms with Crippen molar-refractivity contribution in [2.24, 2.45) is 10.9 Å². The Morgan fingerprint density at radius 2 is 2.40 bits per heavy atom. The summed E-state index contributed by atoms with van der Waals surface area (Å²) in [5.74, 6) is -0.236. The molecule has 3 heterocycles. The average molecular weight is 308 g/mol. The van der Waals surface area contributed by atoms with E-state index in [2.05, 4.69) is 25.4 Å². The van der Waals surface area contributed by atoms with E-state index in [0.29, 0.717) is 18.3 Å². The molecule has 0 radical (unpaired) electrons. The molecule has 3 rings (SSSR count). The van der Waals surface area contributed by atoms with Gasteiger partial charge in [-0.3, -0.25) is 9.69 Å². The zero-order valence-corrected chi connectivity index (χ0v) is 13.1. The number of carbonyl (C=O) groups is 1. The highest BCUT2D eigenvalue weighted by Gasteiger charge is 2.46. The highest BCUT2D eigenvalue weighted by Crippen LogP contribution is 2.47. The fraction of sp³-hybridized carbons (Fsp3) is 0.500. The summed E-state index contributed by atoms with van der Waals surface area (Å²) in [5, 5.41) is 1.15. The van der Waals surface area contributed by atoms with Gasteiger partial charge in [-0.05, 0) is 38.1 Å². The number of thiocarbonyl (C=S) groups is 1. The van der Waals surface area contributed by atoms with Gasteiger partial charge >= 0.3 is 0 Å². The van der Waals surface area contributed by atoms with E-state index in [4.69, 9.17) is 17.0 Å². The molecule has 20 heavy (non-hydrogen) atoms. The largest absolute Gasteiger partial charge is 0.370 e. The van der Waals surface area contributed by atoms with Crippen molar-refractivity contribution in [2.75, 3.05) is 13.2 Å². The predicted octanol–water partition coefficient (Wildman–Crippen LogP) is 2.51. The molecule has 3 aliphatic rings. The van der Waals surface area contributed by atoms with Crippen molar-refractivity contribution >= 4 is 40.0 Å². The molecular weight excluding hydrogens is 292 g/mol. The van der Waals surface area contributed by atoms with Crippen LogP contribution in [-0.2, 0) is 9.53 Å². The third kappa shape index (κ3) is 2.16. The lowest BCUT2D eigenvalue weighted by molar-refractivity contribution is -0.128. The summed E-state index contributed by atoms with van der Waals surface area (Å²) in [6, 6.07) is 0. The van der Waals surface area contributed by atoms with Gasteiger partial charge in [-0.1, -0.05) is 17.8 Å². The lowest BCUT2D eigenvalue weighted by Crippen LogP contribution is -2.46. The SMILES string of the molecule is C=CCN1C(=O)C2C(=NC1=S)SC1=C2CC(C)(C)OC1. The fourth-order valence-corrected chi connectivity index (χ4v) is 4.20. The van der Waals surface area contributed by atoms with Crippen LogP contribution in [0, 0.1) is 5.92 Å². The quantitative estimate of drug-likeness (QED) is 0.581. The van der Waals surface area contributed by atoms with Gasteiger partial charge in [0.1, 0.15) is 5.92 Å². The Balaban J connectivity index is 1.98. The zero-order chi connectivity index (χ0) is 14.5. The Kier molecular flexibility index (Phi) is 3.35. The first kappa shape index (κ1) is 14.0. The Hall–Kier alpha value is -0.980. The molecule has 0 fully saturated rings. The molecule has 1 unspecified atom stereocenters. The number of nitrogens with zero attached hydrogens (tertiary/aromatic N) is 2. The number of carbonyl (C=O) groups excluding carboxylic acids is 1. The summed E-state index contributed by atoms with van der Waals surface area (Å²) in [7, 11) is 0. The first-order chi connectivity index (χ1) is 9.43. The lowest BCUT2D eigenvalue weighted by atomic mass is 9.86. The maximum absolute atomic E-state index is 12.7. The minimum atomic E-state index is -0.259. The second-order valence-corrected chi connectivity index (χ2v) is 7.16. The van der Waals surface area contributed by atoms with Gasteiger partial charge in [-0.25, -0.2) is 4.99 Å². The zero-order valence-electron chi connectivity index (χ0n) is 11.5. The van der Waals surface area contributed by atoms with Crippen molar-refractivity contribution in [2.45, 2.75) is 25.9 Å². The van der Waals surface area contributed by atoms with Crippen LogP contribution in [0.1, 0.15) is 20.3 Å². The molecule has 6 heteroatoms. The van der Waals surface area contributed by atoms with Crippen LogP contribution in [0.4, 0.5) is 0 Å². The van der Waals surface area contributed by atoms with E-state index in [1.165, 1.54) is 4.90 Å². The molecule has 3 aliphatic heterocycles. The molecule has 0 aromatic rings. The molecule has 0 aliphatic carbocycles. The molecule has 0 N–H and O–H groups in total. The molecule has 0 bridgehead atoms. The molecule has 0 aromatic heterocycles. The Labute approximate surface area is 127 Å². The molecule has 4 nitrogen and oxygen atoms in total. The van der Waals surface area contributed by atoms with Crippen LogP contribution in [0.3, 0.4) is 0 Å². The van der Waals surface area contributed by atoms with Crippen LogP contribution in [0.5, 0.6) is 0 Å². The van der Waals surface area contributed by atoms with Crippen LogP contribution in [0.25, 0.3) is 0 Å². The number of thioether (sulfide) groups is 1. The number of hydrogen-bond acceptors (Lipinski definition) is 4. The highest BCUT2D eigenvalue weighted by molar-refractivity contribution is 8.17. The van der Waals surface area contributed by atoms with Crippen molar-refractivity contribution in [3.8, 4) is 0 Å². The van der Waals surface area contributed by atoms with Crippen LogP contribution >= 0.6 is 24.0 Å². The number of ether oxygens (including phenoxy) is 1. The average Bonchev–Trinajstić information content (AvgIpc) is 2.70. The van der Waals surface area contributed by atoms with Gasteiger partial charge in [-0.2, -0.15) is 0 Å². The molecule has 0 aromatic carbocycles. The predicted molar refractivity (Wildman–Crippen MR) is 84.7 cm³/mol. The molecule has 0 saturated carbocycles. The van der Waals surface area contributed by atoms with E-state index in [1.807, 2.05) is 0 Å². The summed E-state index contributed by atoms with van der Waals surface area (Å²) in [4.78, 5) is 19.8. The van der Waals surface area contributed by atoms with Gasteiger partial charge in [0.15, 0.2) is 0 Å². The minimum absolute atomic E-state index is 0.0232. The maximum Gasteiger partial charge on any atom is 0.242 e. The van der Waals surface area contributed by atoms with E-state index in [-0.39, 0.29) is 17.4 Å². The molecular formula is C14H16N2O2S2. The molecule has 0 spiro atoms. The van der Waals surface area contributed by atoms with Gasteiger partial charge < -0.3 is 4.74 Å². The van der Waals surface area contributed by atoms with E-state index in [1.54, 1.807) is 17.8 Å². The molecule has 0 saturated heterocycles. The molecule has 1 atom stereocenters. The minimum Gasteiger partial charge on any atom is -0.370 e. The van der Waals surface area contributed by atoms with Crippen molar-refractivity contribution in [1.82, 2.24) is 4.90 Å². The topological polar surface area (TPSA) is 41.9 Å². The van der Waals surface area contributed by atoms with Gasteiger partial charge in [0.25, 0.3) is 0 Å². The van der Waals surface area contributed by atoms with E-state index >= 15 is 0 Å². The second kappa shape index (κ2) is 4.79. The monoisotopic (exact) mass is 308 g/mol. The molecule has 106 valence electrons. The van der Waals surface area contributed by atoms with Crippen molar-refractivity contribution in [3.05, 3.63) is 23.1 Å². The normalized spacial score (nSPS) is 28.2. The van der Waals surface area contributed by atoms with E-state index < -0.39 is 0 Å². The van der Waals surface area contributed by atoms with Crippen molar-refractivity contribution < 1.29 is 9.53 Å². The third-order valence-corrected chi connectivity index (χ3v) is 5.13. The van der Waals surface area contributed by atoms with E-state index in [9.17, 15) is 4.79 Å². The Morgan fingerprint density at radius 1 is 1.65 bits per heavy atom. The number of fused-ring (bicyclic) bond motifs is 2. The number of rotatable bonds is 2. The number of amides is 1. The number of aliphatic imine (C=N–C) groups is 1. The first-order valence-corrected chi connectivity index (χ1v) is 7.74. The Morgan fingerprint density at radius 3 is 3.10 bits per heavy atom. The van der Waals surface area contributed by atoms with Gasteiger partial charge in [0.05, 0.1) is 17.3 Å². The summed E-state index contributed by atoms with van der Waals surface area (Å²) < 4.78 is 5.81. The maximum atomic E-state index is 12.7. The lowest BCUT2D eigenvalue weighted by Gasteiger charge is -2.34. The fourth-order valence-electron chi connectivity index (χ4n) is 2.70. The van der Waals surface area contributed by atoms with Crippen molar-refractivity contribution in [1.29, 1.82) is 0 Å². The van der Waals surface area contributed by atoms with Crippen molar-refractivity contribution in [3.63, 3.8) is 0 Å². The van der Waals surface area contributed by atoms with Crippen LogP contribution < -0.4 is 0 Å². The van der Waals surface area contributed by atoms with Crippen LogP contribution in [0.2, 0.25) is 0 Å². The smallest absolute Gasteiger partial charge is 0.242 e. The summed E-state index contributed by atoms with van der Waals surface area (Å²) in [6.45, 7) is 8.75. The van der Waals surface area contributed by atoms with Crippen LogP contribution in [-0.4, -0.2) is 39.7 Å². The van der Waals surface area contributed by atoms with E-state index in [0.717, 1.165) is 21.9 Å². The van der Waals surface area contributed by atoms with Gasteiger partial charge in [-0.15, -0.1) is 6.58 Å². The van der Waals surface area contributed by atoms with Gasteiger partial charge in [0, 0.05) is 11.4 Å². The Bertz CT molecular complexity index is 578. The summed E-state index contributed by atoms with van der Waals surface area (Å²) in [6.07, 6.45) is 2.44.